The van der Waals surface area contributed by atoms with Crippen LogP contribution >= 0.6 is 11.3 Å². The van der Waals surface area contributed by atoms with Crippen LogP contribution in [0.15, 0.2) is 76.3 Å². The predicted octanol–water partition coefficient (Wildman–Crippen LogP) is 4.62. The van der Waals surface area contributed by atoms with E-state index < -0.39 is 46.4 Å². The number of hydrogen-bond donors (Lipinski definition) is 6. The number of nitrogens with zero attached hydrogens (tertiary/aromatic N) is 1. The van der Waals surface area contributed by atoms with Gasteiger partial charge in [0, 0.05) is 28.7 Å². The van der Waals surface area contributed by atoms with Gasteiger partial charge in [-0.25, -0.2) is 17.9 Å². The molecule has 0 saturated heterocycles. The molecule has 48 heavy (non-hydrogen) atoms. The number of thiophene rings is 1. The highest BCUT2D eigenvalue weighted by atomic mass is 32.2. The van der Waals surface area contributed by atoms with Crippen LogP contribution in [-0.4, -0.2) is 82.9 Å². The Hall–Kier alpha value is -4.08. The Kier molecular flexibility index (Phi) is 11.8. The molecule has 0 atom stereocenters. The summed E-state index contributed by atoms with van der Waals surface area (Å²) in [6, 6.07) is 22.7. The van der Waals surface area contributed by atoms with E-state index in [-0.39, 0.29) is 5.54 Å². The molecule has 1 fully saturated rings. The standard InChI is InChI=1S/C28H33N3O2S2.C6H8O7/c1-31(2)28(22-9-4-3-5-10-22)17-14-21(15-18-28)27-24(23-11-6-7-12-25(23)30-27)16-19-29-35(32,33)26-13-8-20-34-26;7-3(8)1-6(13,5(11)12)2-4(9)10/h3-13,20-21,29-30H,14-19H2,1-2H3;13H,1-2H2,(H,7,8)(H,9,10)(H,11,12). The molecule has 0 radical (unpaired) electrons. The summed E-state index contributed by atoms with van der Waals surface area (Å²) in [4.78, 5) is 36.6. The summed E-state index contributed by atoms with van der Waals surface area (Å²) in [6.07, 6.45) is 2.74. The van der Waals surface area contributed by atoms with E-state index in [0.717, 1.165) is 31.2 Å². The van der Waals surface area contributed by atoms with Gasteiger partial charge in [-0.2, -0.15) is 0 Å². The van der Waals surface area contributed by atoms with Crippen LogP contribution < -0.4 is 4.72 Å². The highest BCUT2D eigenvalue weighted by molar-refractivity contribution is 7.91. The maximum absolute atomic E-state index is 12.6. The van der Waals surface area contributed by atoms with Gasteiger partial charge in [0.2, 0.25) is 10.0 Å². The molecule has 12 nitrogen and oxygen atoms in total. The number of benzene rings is 2. The fraction of sp³-hybridized carbons (Fsp3) is 0.382. The van der Waals surface area contributed by atoms with Crippen LogP contribution in [0, 0.1) is 0 Å². The molecular weight excluding hydrogens is 659 g/mol. The first-order chi connectivity index (χ1) is 22.7. The first-order valence-corrected chi connectivity index (χ1v) is 17.8. The Morgan fingerprint density at radius 1 is 0.938 bits per heavy atom. The molecule has 0 unspecified atom stereocenters. The third-order valence-electron chi connectivity index (χ3n) is 8.95. The molecule has 0 aliphatic heterocycles. The summed E-state index contributed by atoms with van der Waals surface area (Å²) in [7, 11) is 0.928. The summed E-state index contributed by atoms with van der Waals surface area (Å²) < 4.78 is 28.4. The summed E-state index contributed by atoms with van der Waals surface area (Å²) in [5.74, 6) is -4.59. The maximum atomic E-state index is 12.6. The number of aliphatic hydroxyl groups is 1. The fourth-order valence-electron chi connectivity index (χ4n) is 6.48. The smallest absolute Gasteiger partial charge is 0.336 e. The molecule has 0 spiro atoms. The maximum Gasteiger partial charge on any atom is 0.336 e. The fourth-order valence-corrected chi connectivity index (χ4v) is 8.55. The average molecular weight is 700 g/mol. The van der Waals surface area contributed by atoms with E-state index in [4.69, 9.17) is 20.4 Å². The van der Waals surface area contributed by atoms with Gasteiger partial charge in [0.1, 0.15) is 4.21 Å². The Morgan fingerprint density at radius 3 is 2.08 bits per heavy atom. The van der Waals surface area contributed by atoms with Crippen molar-refractivity contribution in [3.05, 3.63) is 88.9 Å². The Bertz CT molecular complexity index is 1800. The van der Waals surface area contributed by atoms with E-state index >= 15 is 0 Å². The molecule has 1 saturated carbocycles. The summed E-state index contributed by atoms with van der Waals surface area (Å²) >= 11 is 1.25. The summed E-state index contributed by atoms with van der Waals surface area (Å²) in [6.45, 7) is 0.382. The van der Waals surface area contributed by atoms with Gasteiger partial charge in [-0.1, -0.05) is 54.6 Å². The minimum absolute atomic E-state index is 0.0558. The molecule has 14 heteroatoms. The number of sulfonamides is 1. The normalized spacial score (nSPS) is 18.3. The number of aromatic amines is 1. The molecular formula is C34H41N3O9S2. The van der Waals surface area contributed by atoms with Crippen LogP contribution in [0.1, 0.15) is 61.3 Å². The topological polar surface area (TPSA) is 197 Å². The molecule has 0 bridgehead atoms. The molecule has 5 rings (SSSR count). The van der Waals surface area contributed by atoms with Gasteiger partial charge in [0.15, 0.2) is 5.60 Å². The van der Waals surface area contributed by atoms with Crippen molar-refractivity contribution in [2.45, 2.75) is 66.2 Å². The molecule has 0 amide bonds. The van der Waals surface area contributed by atoms with E-state index in [9.17, 15) is 22.8 Å². The first-order valence-electron chi connectivity index (χ1n) is 15.4. The lowest BCUT2D eigenvalue weighted by atomic mass is 9.70. The van der Waals surface area contributed by atoms with E-state index in [0.29, 0.717) is 23.1 Å². The second-order valence-electron chi connectivity index (χ2n) is 12.2. The Labute approximate surface area is 283 Å². The van der Waals surface area contributed by atoms with Gasteiger partial charge in [0.25, 0.3) is 0 Å². The van der Waals surface area contributed by atoms with Crippen molar-refractivity contribution in [3.63, 3.8) is 0 Å². The van der Waals surface area contributed by atoms with Crippen LogP contribution in [-0.2, 0) is 36.4 Å². The first kappa shape index (κ1) is 36.8. The highest BCUT2D eigenvalue weighted by Crippen LogP contribution is 2.47. The lowest BCUT2D eigenvalue weighted by molar-refractivity contribution is -0.170. The zero-order valence-corrected chi connectivity index (χ0v) is 28.4. The second kappa shape index (κ2) is 15.4. The molecule has 6 N–H and O–H groups in total. The van der Waals surface area contributed by atoms with Gasteiger partial charge in [-0.05, 0) is 80.8 Å². The van der Waals surface area contributed by atoms with Crippen molar-refractivity contribution in [2.24, 2.45) is 0 Å². The van der Waals surface area contributed by atoms with E-state index in [1.807, 2.05) is 0 Å². The number of H-pyrrole nitrogens is 1. The zero-order valence-electron chi connectivity index (χ0n) is 26.8. The van der Waals surface area contributed by atoms with Gasteiger partial charge >= 0.3 is 17.9 Å². The summed E-state index contributed by atoms with van der Waals surface area (Å²) in [5, 5.41) is 36.8. The zero-order chi connectivity index (χ0) is 35.1. The highest BCUT2D eigenvalue weighted by Gasteiger charge is 2.41. The van der Waals surface area contributed by atoms with Crippen molar-refractivity contribution in [1.82, 2.24) is 14.6 Å². The molecule has 2 heterocycles. The number of aromatic nitrogens is 1. The number of fused-ring (bicyclic) bond motifs is 1. The number of carboxylic acids is 3. The average Bonchev–Trinajstić information content (AvgIpc) is 3.71. The SMILES string of the molecule is CN(C)C1(c2ccccc2)CCC(c2[nH]c3ccccc3c2CCNS(=O)(=O)c2cccs2)CC1.O=C(O)CC(O)(CC(=O)O)C(=O)O. The van der Waals surface area contributed by atoms with Crippen molar-refractivity contribution >= 4 is 50.2 Å². The quantitative estimate of drug-likeness (QED) is 0.115. The van der Waals surface area contributed by atoms with Crippen molar-refractivity contribution in [2.75, 3.05) is 20.6 Å². The van der Waals surface area contributed by atoms with E-state index in [2.05, 4.69) is 83.3 Å². The molecule has 2 aromatic heterocycles. The largest absolute Gasteiger partial charge is 0.481 e. The Balaban J connectivity index is 0.000000341. The van der Waals surface area contributed by atoms with Crippen LogP contribution in [0.2, 0.25) is 0 Å². The number of nitrogens with one attached hydrogen (secondary N) is 2. The van der Waals surface area contributed by atoms with Crippen molar-refractivity contribution < 1.29 is 43.2 Å². The number of hydrogen-bond acceptors (Lipinski definition) is 8. The third-order valence-corrected chi connectivity index (χ3v) is 11.8. The molecule has 1 aliphatic rings. The summed E-state index contributed by atoms with van der Waals surface area (Å²) in [5.41, 5.74) is 2.37. The number of aliphatic carboxylic acids is 3. The number of carbonyl (C=O) groups is 3. The second-order valence-corrected chi connectivity index (χ2v) is 15.1. The molecule has 4 aromatic rings. The minimum atomic E-state index is -3.46. The van der Waals surface area contributed by atoms with Gasteiger partial charge < -0.3 is 25.4 Å². The lowest BCUT2D eigenvalue weighted by Gasteiger charge is -2.45. The van der Waals surface area contributed by atoms with Crippen molar-refractivity contribution in [1.29, 1.82) is 0 Å². The monoisotopic (exact) mass is 699 g/mol. The van der Waals surface area contributed by atoms with E-state index in [1.54, 1.807) is 17.5 Å². The van der Waals surface area contributed by atoms with E-state index in [1.165, 1.54) is 33.5 Å². The minimum Gasteiger partial charge on any atom is -0.481 e. The molecule has 2 aromatic carbocycles. The van der Waals surface area contributed by atoms with Crippen LogP contribution in [0.25, 0.3) is 10.9 Å². The van der Waals surface area contributed by atoms with Crippen LogP contribution in [0.5, 0.6) is 0 Å². The Morgan fingerprint density at radius 2 is 1.54 bits per heavy atom. The predicted molar refractivity (Wildman–Crippen MR) is 182 cm³/mol. The number of rotatable bonds is 13. The molecule has 1 aliphatic carbocycles. The van der Waals surface area contributed by atoms with Gasteiger partial charge in [-0.15, -0.1) is 11.3 Å². The van der Waals surface area contributed by atoms with Crippen LogP contribution in [0.3, 0.4) is 0 Å². The van der Waals surface area contributed by atoms with Gasteiger partial charge in [-0.3, -0.25) is 14.5 Å². The number of carboxylic acid groups (broad SMARTS) is 3. The third kappa shape index (κ3) is 8.49. The molecule has 258 valence electrons. The van der Waals surface area contributed by atoms with Gasteiger partial charge in [0.05, 0.1) is 12.8 Å². The lowest BCUT2D eigenvalue weighted by Crippen LogP contribution is -2.44. The number of para-hydroxylation sites is 1. The van der Waals surface area contributed by atoms with Crippen molar-refractivity contribution in [3.8, 4) is 0 Å². The van der Waals surface area contributed by atoms with Crippen LogP contribution in [0.4, 0.5) is 0 Å².